The molecule has 13 heteroatoms. The Bertz CT molecular complexity index is 1750. The van der Waals surface area contributed by atoms with Crippen molar-refractivity contribution in [1.29, 1.82) is 5.26 Å². The van der Waals surface area contributed by atoms with Crippen LogP contribution in [0.2, 0.25) is 5.02 Å². The number of aromatic nitrogens is 4. The summed E-state index contributed by atoms with van der Waals surface area (Å²) in [4.78, 5) is 17.4. The van der Waals surface area contributed by atoms with Gasteiger partial charge in [-0.25, -0.2) is 9.07 Å². The molecule has 246 valence electrons. The zero-order valence-corrected chi connectivity index (χ0v) is 27.0. The molecular formula is C34H38ClFN8O3. The lowest BCUT2D eigenvalue weighted by atomic mass is 9.90. The maximum Gasteiger partial charge on any atom is 0.248 e. The number of carbonyl (C=O) groups is 1. The highest BCUT2D eigenvalue weighted by atomic mass is 35.5. The number of rotatable bonds is 15. The number of nitrogens with zero attached hydrogens (tertiary/aromatic N) is 5. The molecule has 0 radical (unpaired) electrons. The zero-order chi connectivity index (χ0) is 33.0. The second kappa shape index (κ2) is 16.7. The number of ether oxygens (including phenoxy) is 2. The molecule has 47 heavy (non-hydrogen) atoms. The normalized spacial score (nSPS) is 13.5. The Kier molecular flexibility index (Phi) is 12.0. The molecule has 11 nitrogen and oxygen atoms in total. The highest BCUT2D eigenvalue weighted by Crippen LogP contribution is 2.37. The van der Waals surface area contributed by atoms with Gasteiger partial charge in [0.05, 0.1) is 52.9 Å². The lowest BCUT2D eigenvalue weighted by molar-refractivity contribution is -0.111. The van der Waals surface area contributed by atoms with Crippen molar-refractivity contribution in [3.05, 3.63) is 71.2 Å². The van der Waals surface area contributed by atoms with Crippen molar-refractivity contribution in [2.45, 2.75) is 52.1 Å². The minimum atomic E-state index is -0.511. The molecular weight excluding hydrogens is 623 g/mol. The van der Waals surface area contributed by atoms with Gasteiger partial charge in [0.25, 0.3) is 0 Å². The van der Waals surface area contributed by atoms with Gasteiger partial charge in [-0.05, 0) is 49.9 Å². The third-order valence-corrected chi connectivity index (χ3v) is 8.08. The van der Waals surface area contributed by atoms with E-state index >= 15 is 0 Å². The predicted octanol–water partition coefficient (Wildman–Crippen LogP) is 6.71. The quantitative estimate of drug-likeness (QED) is 0.0938. The number of hydrogen-bond donors (Lipinski definition) is 3. The van der Waals surface area contributed by atoms with E-state index in [1.54, 1.807) is 30.5 Å². The number of amides is 1. The molecule has 4 aromatic rings. The fourth-order valence-corrected chi connectivity index (χ4v) is 5.69. The Hall–Kier alpha value is -4.73. The number of halogens is 2. The second-order valence-corrected chi connectivity index (χ2v) is 11.6. The first-order chi connectivity index (χ1) is 23.0. The van der Waals surface area contributed by atoms with Gasteiger partial charge in [-0.2, -0.15) is 5.26 Å². The Morgan fingerprint density at radius 3 is 2.81 bits per heavy atom. The maximum absolute atomic E-state index is 12.9. The van der Waals surface area contributed by atoms with Crippen LogP contribution >= 0.6 is 11.6 Å². The second-order valence-electron chi connectivity index (χ2n) is 11.2. The molecule has 0 atom stereocenters. The third kappa shape index (κ3) is 9.18. The van der Waals surface area contributed by atoms with Crippen LogP contribution in [0, 0.1) is 17.2 Å². The van der Waals surface area contributed by atoms with Crippen molar-refractivity contribution in [3.63, 3.8) is 0 Å². The van der Waals surface area contributed by atoms with Gasteiger partial charge in [0, 0.05) is 48.7 Å². The van der Waals surface area contributed by atoms with E-state index in [1.807, 2.05) is 19.1 Å². The first-order valence-electron chi connectivity index (χ1n) is 15.8. The number of nitrogens with one attached hydrogen (secondary N) is 3. The summed E-state index contributed by atoms with van der Waals surface area (Å²) < 4.78 is 25.8. The SMILES string of the molecule is CCOc1cc2ncc(C#N)c(Nc3ccc(OCC4CCCCC4)c(Cl)c3)c2cc1NC(=O)/C=C/CNCc1cn(CCF)nn1. The van der Waals surface area contributed by atoms with E-state index in [9.17, 15) is 14.4 Å². The summed E-state index contributed by atoms with van der Waals surface area (Å²) in [6, 6.07) is 11.1. The van der Waals surface area contributed by atoms with Crippen LogP contribution in [0.15, 0.2) is 54.9 Å². The predicted molar refractivity (Wildman–Crippen MR) is 180 cm³/mol. The van der Waals surface area contributed by atoms with Crippen LogP contribution in [0.4, 0.5) is 21.5 Å². The maximum atomic E-state index is 12.9. The molecule has 1 saturated carbocycles. The Labute approximate surface area is 278 Å². The molecule has 3 N–H and O–H groups in total. The number of alkyl halides is 1. The average molecular weight is 661 g/mol. The zero-order valence-electron chi connectivity index (χ0n) is 26.3. The average Bonchev–Trinajstić information content (AvgIpc) is 3.52. The lowest BCUT2D eigenvalue weighted by Gasteiger charge is -2.22. The van der Waals surface area contributed by atoms with E-state index in [0.29, 0.717) is 88.0 Å². The van der Waals surface area contributed by atoms with E-state index in [2.05, 4.69) is 37.3 Å². The van der Waals surface area contributed by atoms with Crippen LogP contribution in [0.1, 0.15) is 50.3 Å². The van der Waals surface area contributed by atoms with Gasteiger partial charge in [-0.15, -0.1) is 5.10 Å². The van der Waals surface area contributed by atoms with Gasteiger partial charge in [-0.3, -0.25) is 9.78 Å². The van der Waals surface area contributed by atoms with E-state index in [0.717, 1.165) is 0 Å². The molecule has 0 spiro atoms. The molecule has 2 aromatic carbocycles. The van der Waals surface area contributed by atoms with E-state index in [-0.39, 0.29) is 12.5 Å². The number of fused-ring (bicyclic) bond motifs is 1. The van der Waals surface area contributed by atoms with Crippen molar-refractivity contribution in [2.75, 3.05) is 37.1 Å². The van der Waals surface area contributed by atoms with Gasteiger partial charge in [-0.1, -0.05) is 42.2 Å². The first kappa shape index (κ1) is 33.6. The largest absolute Gasteiger partial charge is 0.492 e. The molecule has 1 amide bonds. The van der Waals surface area contributed by atoms with E-state index in [4.69, 9.17) is 21.1 Å². The number of benzene rings is 2. The standard InChI is InChI=1S/C34H38ClFN8O3/c1-2-46-32-17-29-27(16-30(32)41-33(45)9-6-13-38-20-26-21-44(14-12-36)43-42-26)34(24(18-37)19-39-29)40-25-10-11-31(28(35)15-25)47-22-23-7-4-3-5-8-23/h6,9-11,15-17,19,21,23,38H,2-5,7-8,12-14,20,22H2,1H3,(H,39,40)(H,41,45)/b9-6+. The number of carbonyl (C=O) groups excluding carboxylic acids is 1. The summed E-state index contributed by atoms with van der Waals surface area (Å²) in [6.45, 7) is 3.34. The molecule has 0 saturated heterocycles. The number of anilines is 3. The summed E-state index contributed by atoms with van der Waals surface area (Å²) in [6.07, 6.45) is 12.4. The van der Waals surface area contributed by atoms with Crippen LogP contribution in [0.5, 0.6) is 11.5 Å². The van der Waals surface area contributed by atoms with Gasteiger partial charge in [0.1, 0.15) is 24.2 Å². The minimum Gasteiger partial charge on any atom is -0.492 e. The molecule has 0 aliphatic heterocycles. The lowest BCUT2D eigenvalue weighted by Crippen LogP contribution is -2.15. The molecule has 1 aliphatic carbocycles. The van der Waals surface area contributed by atoms with Crippen molar-refractivity contribution in [2.24, 2.45) is 5.92 Å². The third-order valence-electron chi connectivity index (χ3n) is 7.79. The molecule has 2 aromatic heterocycles. The minimum absolute atomic E-state index is 0.161. The van der Waals surface area contributed by atoms with Gasteiger partial charge < -0.3 is 25.4 Å². The molecule has 5 rings (SSSR count). The number of aryl methyl sites for hydroxylation is 1. The summed E-state index contributed by atoms with van der Waals surface area (Å²) in [5.41, 5.74) is 3.19. The van der Waals surface area contributed by atoms with Crippen molar-refractivity contribution in [1.82, 2.24) is 25.3 Å². The topological polar surface area (TPSA) is 139 Å². The Balaban J connectivity index is 1.29. The van der Waals surface area contributed by atoms with E-state index in [1.165, 1.54) is 49.1 Å². The van der Waals surface area contributed by atoms with Crippen molar-refractivity contribution in [3.8, 4) is 17.6 Å². The molecule has 0 unspecified atom stereocenters. The van der Waals surface area contributed by atoms with Crippen LogP contribution < -0.4 is 25.4 Å². The fraction of sp³-hybridized carbons (Fsp3) is 0.382. The van der Waals surface area contributed by atoms with Crippen LogP contribution in [-0.4, -0.2) is 52.3 Å². The highest BCUT2D eigenvalue weighted by molar-refractivity contribution is 6.32. The molecule has 1 fully saturated rings. The summed E-state index contributed by atoms with van der Waals surface area (Å²) >= 11 is 6.61. The number of hydrogen-bond acceptors (Lipinski definition) is 9. The fourth-order valence-electron chi connectivity index (χ4n) is 5.45. The van der Waals surface area contributed by atoms with Crippen LogP contribution in [0.3, 0.4) is 0 Å². The van der Waals surface area contributed by atoms with E-state index < -0.39 is 6.67 Å². The van der Waals surface area contributed by atoms with Crippen LogP contribution in [-0.2, 0) is 17.9 Å². The Morgan fingerprint density at radius 1 is 1.19 bits per heavy atom. The monoisotopic (exact) mass is 660 g/mol. The summed E-state index contributed by atoms with van der Waals surface area (Å²) in [7, 11) is 0. The number of nitriles is 1. The van der Waals surface area contributed by atoms with Crippen LogP contribution in [0.25, 0.3) is 10.9 Å². The van der Waals surface area contributed by atoms with Gasteiger partial charge in [0.2, 0.25) is 5.91 Å². The first-order valence-corrected chi connectivity index (χ1v) is 16.2. The van der Waals surface area contributed by atoms with Gasteiger partial charge >= 0.3 is 0 Å². The molecule has 1 aliphatic rings. The summed E-state index contributed by atoms with van der Waals surface area (Å²) in [5.74, 6) is 1.26. The highest BCUT2D eigenvalue weighted by Gasteiger charge is 2.17. The molecule has 0 bridgehead atoms. The summed E-state index contributed by atoms with van der Waals surface area (Å²) in [5, 5.41) is 28.2. The Morgan fingerprint density at radius 2 is 2.04 bits per heavy atom. The van der Waals surface area contributed by atoms with Crippen molar-refractivity contribution < 1.29 is 18.7 Å². The smallest absolute Gasteiger partial charge is 0.248 e. The van der Waals surface area contributed by atoms with Gasteiger partial charge in [0.15, 0.2) is 0 Å². The number of pyridine rings is 1. The van der Waals surface area contributed by atoms with Crippen molar-refractivity contribution >= 4 is 45.5 Å². The molecule has 2 heterocycles.